The van der Waals surface area contributed by atoms with Crippen molar-refractivity contribution in [2.75, 3.05) is 0 Å². The van der Waals surface area contributed by atoms with Gasteiger partial charge in [-0.2, -0.15) is 10.5 Å². The molecule has 5 heteroatoms. The van der Waals surface area contributed by atoms with Crippen LogP contribution in [-0.4, -0.2) is 5.11 Å². The third-order valence-corrected chi connectivity index (χ3v) is 0.543. The molecule has 0 aromatic rings. The summed E-state index contributed by atoms with van der Waals surface area (Å²) < 4.78 is 0. The maximum Gasteiger partial charge on any atom is 0.192 e. The van der Waals surface area contributed by atoms with Gasteiger partial charge in [-0.05, 0) is 12.2 Å². The molecule has 0 aliphatic carbocycles. The van der Waals surface area contributed by atoms with Crippen LogP contribution in [0.4, 0.5) is 0 Å². The van der Waals surface area contributed by atoms with E-state index in [0.29, 0.717) is 0 Å². The summed E-state index contributed by atoms with van der Waals surface area (Å²) in [6.07, 6.45) is 3.09. The lowest BCUT2D eigenvalue weighted by atomic mass is 11.0. The highest BCUT2D eigenvalue weighted by Gasteiger charge is 1.85. The Balaban J connectivity index is 3.41. The molecule has 0 saturated carbocycles. The van der Waals surface area contributed by atoms with E-state index in [0.717, 1.165) is 0 Å². The fourth-order valence-electron chi connectivity index (χ4n) is 0.133. The Morgan fingerprint density at radius 2 is 1.62 bits per heavy atom. The smallest absolute Gasteiger partial charge is 0.192 e. The fraction of sp³-hybridized carbons (Fsp3) is 0. The van der Waals surface area contributed by atoms with Crippen molar-refractivity contribution in [1.82, 2.24) is 10.6 Å². The van der Waals surface area contributed by atoms with Crippen molar-refractivity contribution in [1.29, 1.82) is 10.5 Å². The lowest BCUT2D eigenvalue weighted by Crippen LogP contribution is -2.27. The van der Waals surface area contributed by atoms with Gasteiger partial charge in [0.1, 0.15) is 0 Å². The van der Waals surface area contributed by atoms with E-state index in [-0.39, 0.29) is 5.11 Å². The van der Waals surface area contributed by atoms with Gasteiger partial charge in [-0.1, -0.05) is 0 Å². The number of hydrogen-bond acceptors (Lipinski definition) is 3. The van der Waals surface area contributed by atoms with Crippen molar-refractivity contribution in [2.24, 2.45) is 0 Å². The highest BCUT2D eigenvalue weighted by Crippen LogP contribution is 1.57. The van der Waals surface area contributed by atoms with Crippen LogP contribution in [0.5, 0.6) is 0 Å². The molecular weight excluding hydrogens is 124 g/mol. The molecule has 0 amide bonds. The molecule has 40 valence electrons. The van der Waals surface area contributed by atoms with Crippen molar-refractivity contribution in [2.45, 2.75) is 0 Å². The average Bonchev–Trinajstić information content (AvgIpc) is 1.68. The van der Waals surface area contributed by atoms with E-state index in [1.807, 2.05) is 10.6 Å². The third-order valence-electron chi connectivity index (χ3n) is 0.339. The topological polar surface area (TPSA) is 71.6 Å². The molecular formula is C3H2N4S. The second kappa shape index (κ2) is 3.85. The van der Waals surface area contributed by atoms with Gasteiger partial charge in [0.2, 0.25) is 0 Å². The molecule has 0 fully saturated rings. The van der Waals surface area contributed by atoms with E-state index >= 15 is 0 Å². The number of nitriles is 2. The second-order valence-electron chi connectivity index (χ2n) is 0.803. The van der Waals surface area contributed by atoms with Gasteiger partial charge in [0.15, 0.2) is 17.5 Å². The largest absolute Gasteiger partial charge is 0.269 e. The molecule has 0 saturated heterocycles. The zero-order valence-electron chi connectivity index (χ0n) is 3.80. The molecule has 0 rings (SSSR count). The van der Waals surface area contributed by atoms with Gasteiger partial charge in [0.05, 0.1) is 0 Å². The van der Waals surface area contributed by atoms with Crippen LogP contribution < -0.4 is 10.6 Å². The average molecular weight is 126 g/mol. The highest BCUT2D eigenvalue weighted by molar-refractivity contribution is 7.80. The molecule has 4 nitrogen and oxygen atoms in total. The number of nitrogens with one attached hydrogen (secondary N) is 2. The van der Waals surface area contributed by atoms with Gasteiger partial charge < -0.3 is 0 Å². The normalized spacial score (nSPS) is 5.75. The number of hydrogen-bond donors (Lipinski definition) is 2. The van der Waals surface area contributed by atoms with Crippen molar-refractivity contribution in [3.05, 3.63) is 0 Å². The molecule has 0 atom stereocenters. The van der Waals surface area contributed by atoms with Crippen molar-refractivity contribution in [3.63, 3.8) is 0 Å². The van der Waals surface area contributed by atoms with Crippen LogP contribution in [0.1, 0.15) is 0 Å². The van der Waals surface area contributed by atoms with Gasteiger partial charge in [0.25, 0.3) is 0 Å². The highest BCUT2D eigenvalue weighted by atomic mass is 32.1. The van der Waals surface area contributed by atoms with Crippen molar-refractivity contribution >= 4 is 17.3 Å². The second-order valence-corrected chi connectivity index (χ2v) is 1.21. The molecule has 2 N–H and O–H groups in total. The van der Waals surface area contributed by atoms with Gasteiger partial charge >= 0.3 is 0 Å². The predicted molar refractivity (Wildman–Crippen MR) is 30.1 cm³/mol. The first-order valence-corrected chi connectivity index (χ1v) is 2.06. The Morgan fingerprint density at radius 3 is 1.88 bits per heavy atom. The molecule has 8 heavy (non-hydrogen) atoms. The quantitative estimate of drug-likeness (QED) is 0.258. The van der Waals surface area contributed by atoms with Crippen molar-refractivity contribution in [3.8, 4) is 12.4 Å². The first-order chi connectivity index (χ1) is 3.81. The molecule has 0 radical (unpaired) electrons. The Bertz CT molecular complexity index is 143. The zero-order valence-corrected chi connectivity index (χ0v) is 4.62. The number of thiocarbonyl (C=S) groups is 1. The first kappa shape index (κ1) is 6.67. The molecule has 0 bridgehead atoms. The van der Waals surface area contributed by atoms with E-state index in [2.05, 4.69) is 12.2 Å². The van der Waals surface area contributed by atoms with Gasteiger partial charge in [-0.25, -0.2) is 0 Å². The van der Waals surface area contributed by atoms with E-state index in [9.17, 15) is 0 Å². The Hall–Kier alpha value is -1.33. The van der Waals surface area contributed by atoms with E-state index < -0.39 is 0 Å². The van der Waals surface area contributed by atoms with Crippen LogP contribution in [0.15, 0.2) is 0 Å². The van der Waals surface area contributed by atoms with Crippen molar-refractivity contribution < 1.29 is 0 Å². The Kier molecular flexibility index (Phi) is 3.21. The molecule has 0 aromatic carbocycles. The monoisotopic (exact) mass is 126 g/mol. The molecule has 0 spiro atoms. The molecule has 0 unspecified atom stereocenters. The predicted octanol–water partition coefficient (Wildman–Crippen LogP) is -0.587. The minimum absolute atomic E-state index is 0.0231. The zero-order chi connectivity index (χ0) is 6.41. The maximum absolute atomic E-state index is 7.87. The Labute approximate surface area is 51.7 Å². The van der Waals surface area contributed by atoms with Crippen LogP contribution in [-0.2, 0) is 0 Å². The summed E-state index contributed by atoms with van der Waals surface area (Å²) in [6, 6.07) is 0. The summed E-state index contributed by atoms with van der Waals surface area (Å²) in [6.45, 7) is 0. The lowest BCUT2D eigenvalue weighted by molar-refractivity contribution is 1.17. The van der Waals surface area contributed by atoms with E-state index in [4.69, 9.17) is 10.5 Å². The van der Waals surface area contributed by atoms with Gasteiger partial charge in [-0.3, -0.25) is 10.6 Å². The minimum atomic E-state index is 0.0231. The van der Waals surface area contributed by atoms with Gasteiger partial charge in [-0.15, -0.1) is 0 Å². The standard InChI is InChI=1S/C3H2N4S/c4-1-6-3(8)7-2-5/h(H2,6,7,8). The SMILES string of the molecule is N#CNC(=S)NC#N. The molecule has 0 aliphatic heterocycles. The maximum atomic E-state index is 7.87. The third kappa shape index (κ3) is 2.88. The van der Waals surface area contributed by atoms with Crippen LogP contribution in [0, 0.1) is 22.9 Å². The van der Waals surface area contributed by atoms with Crippen LogP contribution >= 0.6 is 12.2 Å². The fourth-order valence-corrected chi connectivity index (χ4v) is 0.224. The van der Waals surface area contributed by atoms with Crippen LogP contribution in [0.2, 0.25) is 0 Å². The minimum Gasteiger partial charge on any atom is -0.269 e. The first-order valence-electron chi connectivity index (χ1n) is 1.65. The summed E-state index contributed by atoms with van der Waals surface area (Å²) in [5, 5.41) is 19.9. The summed E-state index contributed by atoms with van der Waals surface area (Å²) in [7, 11) is 0. The van der Waals surface area contributed by atoms with Crippen LogP contribution in [0.3, 0.4) is 0 Å². The molecule has 0 aliphatic rings. The number of rotatable bonds is 0. The van der Waals surface area contributed by atoms with E-state index in [1.54, 1.807) is 12.4 Å². The summed E-state index contributed by atoms with van der Waals surface area (Å²) >= 11 is 4.39. The molecule has 0 aromatic heterocycles. The number of nitrogens with zero attached hydrogens (tertiary/aromatic N) is 2. The lowest BCUT2D eigenvalue weighted by Gasteiger charge is -1.90. The molecule has 0 heterocycles. The van der Waals surface area contributed by atoms with Gasteiger partial charge in [0, 0.05) is 0 Å². The summed E-state index contributed by atoms with van der Waals surface area (Å²) in [5.74, 6) is 0. The van der Waals surface area contributed by atoms with Crippen LogP contribution in [0.25, 0.3) is 0 Å². The summed E-state index contributed by atoms with van der Waals surface area (Å²) in [5.41, 5.74) is 0. The Morgan fingerprint density at radius 1 is 1.25 bits per heavy atom. The van der Waals surface area contributed by atoms with E-state index in [1.165, 1.54) is 0 Å². The summed E-state index contributed by atoms with van der Waals surface area (Å²) in [4.78, 5) is 0.